The summed E-state index contributed by atoms with van der Waals surface area (Å²) in [6.45, 7) is 1.39. The van der Waals surface area contributed by atoms with E-state index in [1.54, 1.807) is 6.07 Å². The maximum absolute atomic E-state index is 13.3. The molecule has 0 saturated carbocycles. The van der Waals surface area contributed by atoms with Gasteiger partial charge in [-0.3, -0.25) is 15.0 Å². The zero-order valence-corrected chi connectivity index (χ0v) is 19.2. The molecule has 11 nitrogen and oxygen atoms in total. The van der Waals surface area contributed by atoms with Gasteiger partial charge in [-0.15, -0.1) is 0 Å². The third kappa shape index (κ3) is 5.44. The van der Waals surface area contributed by atoms with E-state index >= 15 is 0 Å². The smallest absolute Gasteiger partial charge is 0.408 e. The highest BCUT2D eigenvalue weighted by molar-refractivity contribution is 6.05. The third-order valence-electron chi connectivity index (χ3n) is 5.86. The molecule has 0 aromatic carbocycles. The van der Waals surface area contributed by atoms with Gasteiger partial charge < -0.3 is 25.2 Å². The number of aliphatic hydroxyl groups excluding tert-OH is 2. The van der Waals surface area contributed by atoms with Crippen LogP contribution in [0.4, 0.5) is 35.3 Å². The van der Waals surface area contributed by atoms with Crippen LogP contribution in [0.2, 0.25) is 0 Å². The van der Waals surface area contributed by atoms with Gasteiger partial charge in [0.1, 0.15) is 36.0 Å². The number of anilines is 3. The van der Waals surface area contributed by atoms with E-state index in [1.165, 1.54) is 29.3 Å². The Hall–Kier alpha value is -3.65. The monoisotopic (exact) mass is 510 g/mol. The molecule has 2 aliphatic rings. The zero-order valence-electron chi connectivity index (χ0n) is 19.2. The molecule has 2 aromatic heterocycles. The van der Waals surface area contributed by atoms with Crippen molar-refractivity contribution in [3.8, 4) is 5.75 Å². The molecule has 4 N–H and O–H groups in total. The number of carbonyl (C=O) groups excluding carboxylic acids is 2. The lowest BCUT2D eigenvalue weighted by Gasteiger charge is -2.35. The van der Waals surface area contributed by atoms with Gasteiger partial charge in [-0.2, -0.15) is 13.2 Å². The Balaban J connectivity index is 1.55. The van der Waals surface area contributed by atoms with Gasteiger partial charge >= 0.3 is 12.2 Å². The van der Waals surface area contributed by atoms with Gasteiger partial charge in [0, 0.05) is 25.4 Å². The summed E-state index contributed by atoms with van der Waals surface area (Å²) in [4.78, 5) is 37.4. The summed E-state index contributed by atoms with van der Waals surface area (Å²) < 4.78 is 44.0. The van der Waals surface area contributed by atoms with E-state index in [9.17, 15) is 27.9 Å². The lowest BCUT2D eigenvalue weighted by atomic mass is 10.1. The predicted molar refractivity (Wildman–Crippen MR) is 122 cm³/mol. The highest BCUT2D eigenvalue weighted by atomic mass is 19.4. The Morgan fingerprint density at radius 2 is 2.08 bits per heavy atom. The summed E-state index contributed by atoms with van der Waals surface area (Å²) in [5, 5.41) is 22.9. The number of aromatic nitrogens is 2. The summed E-state index contributed by atoms with van der Waals surface area (Å²) in [6, 6.07) is 2.92. The first-order valence-electron chi connectivity index (χ1n) is 11.2. The molecule has 4 rings (SSSR count). The Kier molecular flexibility index (Phi) is 7.17. The van der Waals surface area contributed by atoms with Gasteiger partial charge in [0.2, 0.25) is 0 Å². The summed E-state index contributed by atoms with van der Waals surface area (Å²) >= 11 is 0. The van der Waals surface area contributed by atoms with E-state index in [2.05, 4.69) is 15.3 Å². The van der Waals surface area contributed by atoms with E-state index in [1.807, 2.05) is 10.2 Å². The van der Waals surface area contributed by atoms with Crippen LogP contribution in [-0.2, 0) is 0 Å². The second-order valence-electron chi connectivity index (χ2n) is 8.49. The van der Waals surface area contributed by atoms with Crippen LogP contribution in [0.1, 0.15) is 23.8 Å². The average Bonchev–Trinajstić information content (AvgIpc) is 3.25. The molecule has 3 amide bonds. The minimum Gasteiger partial charge on any atom is -0.491 e. The fourth-order valence-corrected chi connectivity index (χ4v) is 3.93. The number of fused-ring (bicyclic) bond motifs is 4. The lowest BCUT2D eigenvalue weighted by molar-refractivity contribution is -0.149. The normalized spacial score (nSPS) is 18.3. The van der Waals surface area contributed by atoms with Crippen LogP contribution >= 0.6 is 0 Å². The zero-order chi connectivity index (χ0) is 26.0. The fourth-order valence-electron chi connectivity index (χ4n) is 3.93. The van der Waals surface area contributed by atoms with Crippen LogP contribution in [0.5, 0.6) is 5.75 Å². The molecule has 194 valence electrons. The second kappa shape index (κ2) is 10.1. The van der Waals surface area contributed by atoms with Crippen molar-refractivity contribution in [3.63, 3.8) is 0 Å². The van der Waals surface area contributed by atoms with Crippen molar-refractivity contribution in [1.29, 1.82) is 0 Å². The number of amides is 3. The van der Waals surface area contributed by atoms with E-state index in [0.717, 1.165) is 6.92 Å². The molecule has 14 heteroatoms. The van der Waals surface area contributed by atoms with Crippen LogP contribution in [0.25, 0.3) is 0 Å². The highest BCUT2D eigenvalue weighted by Crippen LogP contribution is 2.39. The number of ether oxygens (including phenoxy) is 1. The summed E-state index contributed by atoms with van der Waals surface area (Å²) in [5.74, 6) is -0.403. The molecule has 2 bridgehead atoms. The van der Waals surface area contributed by atoms with Crippen LogP contribution < -0.4 is 25.2 Å². The Bertz CT molecular complexity index is 1130. The Labute approximate surface area is 203 Å². The highest BCUT2D eigenvalue weighted by Gasteiger charge is 2.41. The van der Waals surface area contributed by atoms with Crippen molar-refractivity contribution in [2.24, 2.45) is 0 Å². The number of carbonyl (C=O) groups is 2. The molecule has 0 unspecified atom stereocenters. The maximum Gasteiger partial charge on any atom is 0.408 e. The SMILES string of the molecule is C[C@@H](NC(=O)c1ccc2c(n1)N(C(=O)Nc1cc(OC[C@@H](O)CO)ccn1)[C@H]1CCN2C1)C(F)(F)F. The molecule has 36 heavy (non-hydrogen) atoms. The molecule has 2 aliphatic heterocycles. The molecule has 0 spiro atoms. The minimum atomic E-state index is -4.61. The van der Waals surface area contributed by atoms with Gasteiger partial charge in [-0.25, -0.2) is 14.8 Å². The Morgan fingerprint density at radius 3 is 2.81 bits per heavy atom. The van der Waals surface area contributed by atoms with Crippen molar-refractivity contribution >= 4 is 29.3 Å². The third-order valence-corrected chi connectivity index (χ3v) is 5.86. The van der Waals surface area contributed by atoms with Gasteiger partial charge in [0.15, 0.2) is 5.82 Å². The van der Waals surface area contributed by atoms with Gasteiger partial charge in [0.25, 0.3) is 5.91 Å². The molecule has 0 radical (unpaired) electrons. The van der Waals surface area contributed by atoms with Crippen molar-refractivity contribution in [3.05, 3.63) is 36.2 Å². The second-order valence-corrected chi connectivity index (χ2v) is 8.49. The Morgan fingerprint density at radius 1 is 1.31 bits per heavy atom. The van der Waals surface area contributed by atoms with E-state index < -0.39 is 36.9 Å². The molecule has 2 aromatic rings. The van der Waals surface area contributed by atoms with E-state index in [-0.39, 0.29) is 30.0 Å². The summed E-state index contributed by atoms with van der Waals surface area (Å²) in [6.07, 6.45) is -3.66. The lowest BCUT2D eigenvalue weighted by Crippen LogP contribution is -2.49. The number of rotatable bonds is 7. The van der Waals surface area contributed by atoms with Crippen LogP contribution in [0.3, 0.4) is 0 Å². The average molecular weight is 510 g/mol. The summed E-state index contributed by atoms with van der Waals surface area (Å²) in [7, 11) is 0. The fraction of sp³-hybridized carbons (Fsp3) is 0.455. The number of pyridine rings is 2. The summed E-state index contributed by atoms with van der Waals surface area (Å²) in [5.41, 5.74) is 0.337. The minimum absolute atomic E-state index is 0.144. The van der Waals surface area contributed by atoms with Crippen molar-refractivity contribution < 1.29 is 37.7 Å². The van der Waals surface area contributed by atoms with Crippen LogP contribution in [0, 0.1) is 0 Å². The van der Waals surface area contributed by atoms with E-state index in [4.69, 9.17) is 9.84 Å². The molecule has 1 fully saturated rings. The molecule has 1 saturated heterocycles. The number of aliphatic hydroxyl groups is 2. The number of hydrogen-bond acceptors (Lipinski definition) is 8. The maximum atomic E-state index is 13.3. The van der Waals surface area contributed by atoms with Crippen molar-refractivity contribution in [2.45, 2.75) is 37.7 Å². The largest absolute Gasteiger partial charge is 0.491 e. The first kappa shape index (κ1) is 25.4. The number of urea groups is 1. The number of nitrogens with zero attached hydrogens (tertiary/aromatic N) is 4. The van der Waals surface area contributed by atoms with Gasteiger partial charge in [0.05, 0.1) is 18.3 Å². The molecular formula is C22H25F3N6O5. The van der Waals surface area contributed by atoms with Crippen LogP contribution in [0.15, 0.2) is 30.5 Å². The first-order chi connectivity index (χ1) is 17.1. The van der Waals surface area contributed by atoms with E-state index in [0.29, 0.717) is 30.9 Å². The van der Waals surface area contributed by atoms with Crippen molar-refractivity contribution in [2.75, 3.05) is 41.4 Å². The quantitative estimate of drug-likeness (QED) is 0.440. The first-order valence-corrected chi connectivity index (χ1v) is 11.2. The van der Waals surface area contributed by atoms with Crippen molar-refractivity contribution in [1.82, 2.24) is 15.3 Å². The standard InChI is InChI=1S/C22H25F3N6O5/c1-12(22(23,24)25)27-20(34)16-2-3-17-19(28-16)31(13-5-7-30(17)9-13)21(35)29-18-8-15(4-6-26-18)36-11-14(33)10-32/h2-4,6,8,12-14,32-33H,5,7,9-11H2,1H3,(H,27,34)(H,26,29,35)/t12-,13+,14+/m1/s1. The predicted octanol–water partition coefficient (Wildman–Crippen LogP) is 1.52. The number of nitrogens with one attached hydrogen (secondary N) is 2. The molecular weight excluding hydrogens is 485 g/mol. The van der Waals surface area contributed by atoms with Gasteiger partial charge in [-0.1, -0.05) is 0 Å². The van der Waals surface area contributed by atoms with Crippen LogP contribution in [-0.4, -0.2) is 82.8 Å². The topological polar surface area (TPSA) is 140 Å². The molecule has 0 aliphatic carbocycles. The number of halogens is 3. The molecule has 3 atom stereocenters. The molecule has 4 heterocycles. The van der Waals surface area contributed by atoms with Gasteiger partial charge in [-0.05, 0) is 31.5 Å². The number of hydrogen-bond donors (Lipinski definition) is 4. The number of alkyl halides is 3.